The highest BCUT2D eigenvalue weighted by atomic mass is 16.4. The van der Waals surface area contributed by atoms with Crippen LogP contribution in [0.3, 0.4) is 0 Å². The van der Waals surface area contributed by atoms with E-state index in [0.29, 0.717) is 0 Å². The molecule has 0 bridgehead atoms. The maximum atomic E-state index is 12.4. The molecule has 1 aliphatic carbocycles. The normalized spacial score (nSPS) is 18.3. The van der Waals surface area contributed by atoms with E-state index < -0.39 is 11.5 Å². The minimum atomic E-state index is -0.862. The molecule has 0 aromatic carbocycles. The van der Waals surface area contributed by atoms with Gasteiger partial charge in [-0.1, -0.05) is 38.5 Å². The van der Waals surface area contributed by atoms with Crippen molar-refractivity contribution in [1.82, 2.24) is 10.2 Å². The third-order valence-corrected chi connectivity index (χ3v) is 4.36. The number of carboxylic acid groups (broad SMARTS) is 1. The first kappa shape index (κ1) is 17.4. The molecule has 0 radical (unpaired) electrons. The van der Waals surface area contributed by atoms with Gasteiger partial charge in [-0.05, 0) is 19.3 Å². The lowest BCUT2D eigenvalue weighted by molar-refractivity contribution is -0.140. The highest BCUT2D eigenvalue weighted by molar-refractivity contribution is 5.77. The predicted octanol–water partition coefficient (Wildman–Crippen LogP) is 2.61. The van der Waals surface area contributed by atoms with Crippen LogP contribution in [0.1, 0.15) is 58.3 Å². The molecule has 0 spiro atoms. The second-order valence-electron chi connectivity index (χ2n) is 5.87. The van der Waals surface area contributed by atoms with Crippen LogP contribution >= 0.6 is 0 Å². The quantitative estimate of drug-likeness (QED) is 0.740. The van der Waals surface area contributed by atoms with E-state index in [4.69, 9.17) is 6.42 Å². The Labute approximate surface area is 127 Å². The Kier molecular flexibility index (Phi) is 6.54. The summed E-state index contributed by atoms with van der Waals surface area (Å²) in [6, 6.07) is -0.565. The van der Waals surface area contributed by atoms with E-state index >= 15 is 0 Å². The van der Waals surface area contributed by atoms with Crippen LogP contribution < -0.4 is 5.32 Å². The predicted molar refractivity (Wildman–Crippen MR) is 81.9 cm³/mol. The molecule has 0 heterocycles. The molecule has 5 heteroatoms. The lowest BCUT2D eigenvalue weighted by Gasteiger charge is -2.44. The molecular formula is C16H26N2O3. The Balaban J connectivity index is 2.79. The Morgan fingerprint density at radius 3 is 2.48 bits per heavy atom. The summed E-state index contributed by atoms with van der Waals surface area (Å²) in [5, 5.41) is 12.0. The number of rotatable bonds is 6. The number of carboxylic acids is 1. The van der Waals surface area contributed by atoms with Gasteiger partial charge in [0, 0.05) is 7.05 Å². The Hall–Kier alpha value is -1.70. The summed E-state index contributed by atoms with van der Waals surface area (Å²) in [7, 11) is 1.68. The maximum absolute atomic E-state index is 12.4. The SMILES string of the molecule is C#CC(CCC)NC(=O)N(C)C1(CC(=O)O)CCCCC1. The van der Waals surface area contributed by atoms with Crippen LogP contribution in [0.25, 0.3) is 0 Å². The maximum Gasteiger partial charge on any atom is 0.318 e. The summed E-state index contributed by atoms with van der Waals surface area (Å²) < 4.78 is 0. The largest absolute Gasteiger partial charge is 0.481 e. The average Bonchev–Trinajstić information content (AvgIpc) is 2.46. The summed E-state index contributed by atoms with van der Waals surface area (Å²) >= 11 is 0. The zero-order chi connectivity index (χ0) is 15.9. The van der Waals surface area contributed by atoms with Gasteiger partial charge in [-0.25, -0.2) is 4.79 Å². The van der Waals surface area contributed by atoms with Crippen LogP contribution in [0, 0.1) is 12.3 Å². The van der Waals surface area contributed by atoms with E-state index in [2.05, 4.69) is 11.2 Å². The van der Waals surface area contributed by atoms with Gasteiger partial charge in [-0.2, -0.15) is 0 Å². The van der Waals surface area contributed by atoms with Crippen molar-refractivity contribution < 1.29 is 14.7 Å². The third-order valence-electron chi connectivity index (χ3n) is 4.36. The Morgan fingerprint density at radius 2 is 2.00 bits per heavy atom. The van der Waals surface area contributed by atoms with Gasteiger partial charge in [-0.3, -0.25) is 4.79 Å². The molecule has 1 atom stereocenters. The third kappa shape index (κ3) is 4.66. The first-order chi connectivity index (χ1) is 9.95. The zero-order valence-electron chi connectivity index (χ0n) is 13.0. The number of urea groups is 1. The average molecular weight is 294 g/mol. The fraction of sp³-hybridized carbons (Fsp3) is 0.750. The van der Waals surface area contributed by atoms with Gasteiger partial charge in [0.2, 0.25) is 0 Å². The minimum Gasteiger partial charge on any atom is -0.481 e. The van der Waals surface area contributed by atoms with Crippen LogP contribution in [-0.4, -0.2) is 40.6 Å². The van der Waals surface area contributed by atoms with E-state index in [1.807, 2.05) is 6.92 Å². The second kappa shape index (κ2) is 7.92. The first-order valence-corrected chi connectivity index (χ1v) is 7.67. The molecular weight excluding hydrogens is 268 g/mol. The minimum absolute atomic E-state index is 0.00851. The van der Waals surface area contributed by atoms with Crippen molar-refractivity contribution in [2.24, 2.45) is 0 Å². The summed E-state index contributed by atoms with van der Waals surface area (Å²) in [6.07, 6.45) is 11.5. The van der Waals surface area contributed by atoms with Crippen molar-refractivity contribution in [2.75, 3.05) is 7.05 Å². The summed E-state index contributed by atoms with van der Waals surface area (Å²) in [4.78, 5) is 25.2. The molecule has 1 aliphatic rings. The molecule has 0 saturated heterocycles. The van der Waals surface area contributed by atoms with Crippen molar-refractivity contribution in [3.8, 4) is 12.3 Å². The van der Waals surface area contributed by atoms with Crippen LogP contribution in [-0.2, 0) is 4.79 Å². The number of terminal acetylenes is 1. The molecule has 1 rings (SSSR count). The first-order valence-electron chi connectivity index (χ1n) is 7.67. The Morgan fingerprint density at radius 1 is 1.38 bits per heavy atom. The lowest BCUT2D eigenvalue weighted by Crippen LogP contribution is -2.56. The van der Waals surface area contributed by atoms with Crippen LogP contribution in [0.5, 0.6) is 0 Å². The molecule has 1 unspecified atom stereocenters. The van der Waals surface area contributed by atoms with Crippen molar-refractivity contribution >= 4 is 12.0 Å². The molecule has 21 heavy (non-hydrogen) atoms. The van der Waals surface area contributed by atoms with Crippen molar-refractivity contribution in [3.63, 3.8) is 0 Å². The smallest absolute Gasteiger partial charge is 0.318 e. The zero-order valence-corrected chi connectivity index (χ0v) is 13.0. The number of carbonyl (C=O) groups excluding carboxylic acids is 1. The van der Waals surface area contributed by atoms with E-state index in [1.165, 1.54) is 0 Å². The number of nitrogens with zero attached hydrogens (tertiary/aromatic N) is 1. The molecule has 1 fully saturated rings. The number of amides is 2. The molecule has 0 aliphatic heterocycles. The number of nitrogens with one attached hydrogen (secondary N) is 1. The molecule has 0 aromatic rings. The van der Waals surface area contributed by atoms with Gasteiger partial charge in [0.05, 0.1) is 18.0 Å². The van der Waals surface area contributed by atoms with Gasteiger partial charge < -0.3 is 15.3 Å². The molecule has 0 aromatic heterocycles. The van der Waals surface area contributed by atoms with E-state index in [9.17, 15) is 14.7 Å². The van der Waals surface area contributed by atoms with Gasteiger partial charge in [0.25, 0.3) is 0 Å². The van der Waals surface area contributed by atoms with Gasteiger partial charge in [0.1, 0.15) is 0 Å². The fourth-order valence-electron chi connectivity index (χ4n) is 3.07. The summed E-state index contributed by atoms with van der Waals surface area (Å²) in [5.74, 6) is 1.71. The molecule has 2 N–H and O–H groups in total. The van der Waals surface area contributed by atoms with Crippen molar-refractivity contribution in [1.29, 1.82) is 0 Å². The topological polar surface area (TPSA) is 69.6 Å². The molecule has 5 nitrogen and oxygen atoms in total. The highest BCUT2D eigenvalue weighted by Gasteiger charge is 2.40. The number of aliphatic carboxylic acids is 1. The second-order valence-corrected chi connectivity index (χ2v) is 5.87. The highest BCUT2D eigenvalue weighted by Crippen LogP contribution is 2.35. The van der Waals surface area contributed by atoms with Crippen LogP contribution in [0.2, 0.25) is 0 Å². The number of hydrogen-bond acceptors (Lipinski definition) is 2. The molecule has 118 valence electrons. The van der Waals surface area contributed by atoms with E-state index in [-0.39, 0.29) is 18.5 Å². The van der Waals surface area contributed by atoms with Gasteiger partial charge in [0.15, 0.2) is 0 Å². The summed E-state index contributed by atoms with van der Waals surface area (Å²) in [6.45, 7) is 2.01. The van der Waals surface area contributed by atoms with E-state index in [0.717, 1.165) is 44.9 Å². The van der Waals surface area contributed by atoms with Gasteiger partial charge in [-0.15, -0.1) is 6.42 Å². The van der Waals surface area contributed by atoms with Crippen molar-refractivity contribution in [2.45, 2.75) is 69.9 Å². The number of hydrogen-bond donors (Lipinski definition) is 2. The number of carbonyl (C=O) groups is 2. The Bertz CT molecular complexity index is 408. The lowest BCUT2D eigenvalue weighted by atomic mass is 9.78. The van der Waals surface area contributed by atoms with Crippen LogP contribution in [0.4, 0.5) is 4.79 Å². The van der Waals surface area contributed by atoms with Crippen LogP contribution in [0.15, 0.2) is 0 Å². The standard InChI is InChI=1S/C16H26N2O3/c1-4-9-13(5-2)17-15(21)18(3)16(12-14(19)20)10-7-6-8-11-16/h2,13H,4,6-12H2,1,3H3,(H,17,21)(H,19,20). The summed E-state index contributed by atoms with van der Waals surface area (Å²) in [5.41, 5.74) is -0.584. The molecule has 2 amide bonds. The monoisotopic (exact) mass is 294 g/mol. The van der Waals surface area contributed by atoms with Crippen molar-refractivity contribution in [3.05, 3.63) is 0 Å². The van der Waals surface area contributed by atoms with Gasteiger partial charge >= 0.3 is 12.0 Å². The van der Waals surface area contributed by atoms with E-state index in [1.54, 1.807) is 11.9 Å². The molecule has 1 saturated carbocycles. The fourth-order valence-corrected chi connectivity index (χ4v) is 3.07.